The van der Waals surface area contributed by atoms with E-state index in [9.17, 15) is 9.90 Å². The number of carbonyl (C=O) groups is 1. The van der Waals surface area contributed by atoms with Crippen LogP contribution in [0.2, 0.25) is 0 Å². The van der Waals surface area contributed by atoms with Gasteiger partial charge in [0.2, 0.25) is 0 Å². The first-order valence-electron chi connectivity index (χ1n) is 6.81. The molecule has 1 aromatic rings. The summed E-state index contributed by atoms with van der Waals surface area (Å²) in [4.78, 5) is 13.2. The number of likely N-dealkylation sites (tertiary alicyclic amines) is 1. The minimum absolute atomic E-state index is 0.147. The Labute approximate surface area is 113 Å². The highest BCUT2D eigenvalue weighted by molar-refractivity contribution is 5.87. The summed E-state index contributed by atoms with van der Waals surface area (Å²) in [6, 6.07) is 6.50. The van der Waals surface area contributed by atoms with E-state index in [1.54, 1.807) is 24.3 Å². The molecule has 1 aliphatic heterocycles. The predicted molar refractivity (Wildman–Crippen MR) is 73.2 cm³/mol. The summed E-state index contributed by atoms with van der Waals surface area (Å²) in [5.74, 6) is -0.792. The zero-order valence-electron chi connectivity index (χ0n) is 11.2. The molecule has 1 aliphatic rings. The average Bonchev–Trinajstić information content (AvgIpc) is 2.90. The Morgan fingerprint density at radius 2 is 1.84 bits per heavy atom. The second-order valence-corrected chi connectivity index (χ2v) is 5.36. The van der Waals surface area contributed by atoms with Gasteiger partial charge in [0.1, 0.15) is 0 Å². The lowest BCUT2D eigenvalue weighted by Crippen LogP contribution is -2.28. The number of rotatable bonds is 5. The molecule has 2 rings (SSSR count). The van der Waals surface area contributed by atoms with Gasteiger partial charge in [-0.25, -0.2) is 4.79 Å². The molecule has 1 fully saturated rings. The molecule has 0 radical (unpaired) electrons. The molecule has 0 aromatic heterocycles. The van der Waals surface area contributed by atoms with Gasteiger partial charge in [0.15, 0.2) is 0 Å². The second kappa shape index (κ2) is 6.17. The maximum absolute atomic E-state index is 10.8. The fourth-order valence-corrected chi connectivity index (χ4v) is 2.62. The Kier molecular flexibility index (Phi) is 4.56. The second-order valence-electron chi connectivity index (χ2n) is 5.36. The van der Waals surface area contributed by atoms with Gasteiger partial charge < -0.3 is 15.1 Å². The first kappa shape index (κ1) is 14.0. The van der Waals surface area contributed by atoms with Gasteiger partial charge in [-0.3, -0.25) is 0 Å². The molecule has 4 heteroatoms. The summed E-state index contributed by atoms with van der Waals surface area (Å²) < 4.78 is 0. The van der Waals surface area contributed by atoms with Crippen molar-refractivity contribution in [1.82, 2.24) is 4.90 Å². The van der Waals surface area contributed by atoms with E-state index in [1.165, 1.54) is 12.8 Å². The smallest absolute Gasteiger partial charge is 0.335 e. The van der Waals surface area contributed by atoms with Crippen molar-refractivity contribution in [1.29, 1.82) is 0 Å². The number of hydrogen-bond acceptors (Lipinski definition) is 3. The van der Waals surface area contributed by atoms with Gasteiger partial charge in [-0.1, -0.05) is 19.1 Å². The highest BCUT2D eigenvalue weighted by Crippen LogP contribution is 2.24. The third-order valence-corrected chi connectivity index (χ3v) is 3.78. The fraction of sp³-hybridized carbons (Fsp3) is 0.533. The summed E-state index contributed by atoms with van der Waals surface area (Å²) in [5.41, 5.74) is 1.04. The van der Waals surface area contributed by atoms with E-state index in [4.69, 9.17) is 5.11 Å². The molecule has 104 valence electrons. The number of aliphatic hydroxyl groups excluding tert-OH is 1. The Balaban J connectivity index is 1.97. The van der Waals surface area contributed by atoms with Gasteiger partial charge in [0, 0.05) is 6.54 Å². The van der Waals surface area contributed by atoms with Crippen LogP contribution in [0, 0.1) is 5.92 Å². The van der Waals surface area contributed by atoms with Gasteiger partial charge in [0.05, 0.1) is 11.7 Å². The lowest BCUT2D eigenvalue weighted by atomic mass is 9.96. The average molecular weight is 263 g/mol. The van der Waals surface area contributed by atoms with Crippen LogP contribution in [0.1, 0.15) is 41.8 Å². The zero-order chi connectivity index (χ0) is 13.8. The SMILES string of the molecule is C[C@@H](CN1CCCC1)[C@@H](O)c1ccc(C(=O)O)cc1. The number of hydrogen-bond donors (Lipinski definition) is 2. The van der Waals surface area contributed by atoms with Crippen LogP contribution < -0.4 is 0 Å². The molecule has 0 saturated carbocycles. The van der Waals surface area contributed by atoms with E-state index in [2.05, 4.69) is 4.90 Å². The van der Waals surface area contributed by atoms with E-state index >= 15 is 0 Å². The van der Waals surface area contributed by atoms with E-state index < -0.39 is 12.1 Å². The van der Waals surface area contributed by atoms with Crippen LogP contribution in [0.15, 0.2) is 24.3 Å². The molecule has 19 heavy (non-hydrogen) atoms. The molecule has 2 N–H and O–H groups in total. The van der Waals surface area contributed by atoms with E-state index in [0.717, 1.165) is 25.2 Å². The summed E-state index contributed by atoms with van der Waals surface area (Å²) in [6.45, 7) is 5.17. The number of aliphatic hydroxyl groups is 1. The summed E-state index contributed by atoms with van der Waals surface area (Å²) in [5, 5.41) is 19.1. The number of benzene rings is 1. The minimum atomic E-state index is -0.939. The van der Waals surface area contributed by atoms with Crippen LogP contribution >= 0.6 is 0 Å². The number of carboxylic acid groups (broad SMARTS) is 1. The first-order chi connectivity index (χ1) is 9.08. The van der Waals surface area contributed by atoms with Crippen LogP contribution in [0.4, 0.5) is 0 Å². The molecule has 0 amide bonds. The van der Waals surface area contributed by atoms with Crippen molar-refractivity contribution in [3.8, 4) is 0 Å². The molecular weight excluding hydrogens is 242 g/mol. The van der Waals surface area contributed by atoms with Gasteiger partial charge in [-0.2, -0.15) is 0 Å². The molecule has 1 heterocycles. The number of carboxylic acids is 1. The summed E-state index contributed by atoms with van der Waals surface area (Å²) >= 11 is 0. The molecule has 4 nitrogen and oxygen atoms in total. The van der Waals surface area contributed by atoms with Crippen molar-refractivity contribution >= 4 is 5.97 Å². The van der Waals surface area contributed by atoms with Crippen LogP contribution in [0.5, 0.6) is 0 Å². The van der Waals surface area contributed by atoms with Crippen LogP contribution in [-0.2, 0) is 0 Å². The number of nitrogens with zero attached hydrogens (tertiary/aromatic N) is 1. The van der Waals surface area contributed by atoms with Crippen molar-refractivity contribution in [2.45, 2.75) is 25.9 Å². The largest absolute Gasteiger partial charge is 0.478 e. The normalized spacial score (nSPS) is 19.3. The monoisotopic (exact) mass is 263 g/mol. The fourth-order valence-electron chi connectivity index (χ4n) is 2.62. The molecule has 1 saturated heterocycles. The Bertz CT molecular complexity index is 424. The third kappa shape index (κ3) is 3.55. The topological polar surface area (TPSA) is 60.8 Å². The minimum Gasteiger partial charge on any atom is -0.478 e. The van der Waals surface area contributed by atoms with Gasteiger partial charge >= 0.3 is 5.97 Å². The molecule has 0 aliphatic carbocycles. The zero-order valence-corrected chi connectivity index (χ0v) is 11.2. The molecule has 0 bridgehead atoms. The lowest BCUT2D eigenvalue weighted by molar-refractivity contribution is 0.0696. The molecular formula is C15H21NO3. The first-order valence-corrected chi connectivity index (χ1v) is 6.81. The van der Waals surface area contributed by atoms with Crippen molar-refractivity contribution in [3.05, 3.63) is 35.4 Å². The Morgan fingerprint density at radius 3 is 2.37 bits per heavy atom. The maximum Gasteiger partial charge on any atom is 0.335 e. The molecule has 1 aromatic carbocycles. The standard InChI is InChI=1S/C15H21NO3/c1-11(10-16-8-2-3-9-16)14(17)12-4-6-13(7-5-12)15(18)19/h4-7,11,14,17H,2-3,8-10H2,1H3,(H,18,19)/t11-,14+/m0/s1. The van der Waals surface area contributed by atoms with Crippen LogP contribution in [0.25, 0.3) is 0 Å². The summed E-state index contributed by atoms with van der Waals surface area (Å²) in [7, 11) is 0. The third-order valence-electron chi connectivity index (χ3n) is 3.78. The van der Waals surface area contributed by atoms with Crippen molar-refractivity contribution in [3.63, 3.8) is 0 Å². The maximum atomic E-state index is 10.8. The Hall–Kier alpha value is -1.39. The highest BCUT2D eigenvalue weighted by Gasteiger charge is 2.21. The quantitative estimate of drug-likeness (QED) is 0.854. The van der Waals surface area contributed by atoms with Gasteiger partial charge in [0.25, 0.3) is 0 Å². The van der Waals surface area contributed by atoms with Crippen LogP contribution in [0.3, 0.4) is 0 Å². The molecule has 2 atom stereocenters. The van der Waals surface area contributed by atoms with Gasteiger partial charge in [-0.15, -0.1) is 0 Å². The van der Waals surface area contributed by atoms with Crippen LogP contribution in [-0.4, -0.2) is 40.7 Å². The van der Waals surface area contributed by atoms with Gasteiger partial charge in [-0.05, 0) is 49.5 Å². The van der Waals surface area contributed by atoms with Crippen molar-refractivity contribution < 1.29 is 15.0 Å². The molecule has 0 unspecified atom stereocenters. The Morgan fingerprint density at radius 1 is 1.26 bits per heavy atom. The van der Waals surface area contributed by atoms with Crippen molar-refractivity contribution in [2.24, 2.45) is 5.92 Å². The highest BCUT2D eigenvalue weighted by atomic mass is 16.4. The predicted octanol–water partition coefficient (Wildman–Crippen LogP) is 2.15. The summed E-state index contributed by atoms with van der Waals surface area (Å²) in [6.07, 6.45) is 1.95. The number of aromatic carboxylic acids is 1. The van der Waals surface area contributed by atoms with E-state index in [1.807, 2.05) is 6.92 Å². The lowest BCUT2D eigenvalue weighted by Gasteiger charge is -2.24. The van der Waals surface area contributed by atoms with Crippen molar-refractivity contribution in [2.75, 3.05) is 19.6 Å². The van der Waals surface area contributed by atoms with E-state index in [-0.39, 0.29) is 11.5 Å². The molecule has 0 spiro atoms. The van der Waals surface area contributed by atoms with E-state index in [0.29, 0.717) is 0 Å².